The van der Waals surface area contributed by atoms with Gasteiger partial charge in [0.15, 0.2) is 11.5 Å². The van der Waals surface area contributed by atoms with Crippen LogP contribution in [-0.4, -0.2) is 24.6 Å². The molecule has 27 heavy (non-hydrogen) atoms. The van der Waals surface area contributed by atoms with E-state index in [1.165, 1.54) is 0 Å². The fourth-order valence-electron chi connectivity index (χ4n) is 2.36. The third-order valence-corrected chi connectivity index (χ3v) is 3.87. The molecule has 2 rings (SSSR count). The Morgan fingerprint density at radius 3 is 2.52 bits per heavy atom. The largest absolute Gasteiger partial charge is 0.493 e. The van der Waals surface area contributed by atoms with E-state index in [1.807, 2.05) is 0 Å². The number of carbonyl (C=O) groups excluding carboxylic acids is 1. The Morgan fingerprint density at radius 1 is 1.26 bits per heavy atom. The molecule has 0 heterocycles. The highest BCUT2D eigenvalue weighted by atomic mass is 35.5. The van der Waals surface area contributed by atoms with E-state index >= 15 is 0 Å². The lowest BCUT2D eigenvalue weighted by atomic mass is 10.1. The molecule has 1 amide bonds. The van der Waals surface area contributed by atoms with E-state index in [2.05, 4.69) is 10.1 Å². The molecule has 10 heteroatoms. The van der Waals surface area contributed by atoms with Gasteiger partial charge in [0.2, 0.25) is 0 Å². The Balaban J connectivity index is 2.37. The number of nitrogens with zero attached hydrogens (tertiary/aromatic N) is 1. The van der Waals surface area contributed by atoms with Gasteiger partial charge in [-0.05, 0) is 24.6 Å². The summed E-state index contributed by atoms with van der Waals surface area (Å²) < 4.78 is 34.1. The predicted molar refractivity (Wildman–Crippen MR) is 93.6 cm³/mol. The number of amides is 1. The predicted octanol–water partition coefficient (Wildman–Crippen LogP) is 4.35. The molecule has 0 aliphatic heterocycles. The molecule has 2 aromatic carbocycles. The number of hydrogen-bond acceptors (Lipinski definition) is 5. The van der Waals surface area contributed by atoms with Crippen LogP contribution >= 0.6 is 11.6 Å². The minimum absolute atomic E-state index is 0.235. The smallest absolute Gasteiger partial charge is 0.387 e. The molecule has 7 nitrogen and oxygen atoms in total. The van der Waals surface area contributed by atoms with Crippen molar-refractivity contribution in [3.63, 3.8) is 0 Å². The maximum Gasteiger partial charge on any atom is 0.387 e. The number of halogens is 3. The Bertz CT molecular complexity index is 863. The van der Waals surface area contributed by atoms with Gasteiger partial charge in [-0.25, -0.2) is 0 Å². The van der Waals surface area contributed by atoms with E-state index in [-0.39, 0.29) is 11.3 Å². The summed E-state index contributed by atoms with van der Waals surface area (Å²) in [6.45, 7) is -1.54. The third kappa shape index (κ3) is 5.04. The minimum Gasteiger partial charge on any atom is -0.493 e. The van der Waals surface area contributed by atoms with Crippen molar-refractivity contribution in [2.24, 2.45) is 0 Å². The second kappa shape index (κ2) is 8.63. The first-order valence-electron chi connectivity index (χ1n) is 7.60. The number of nitro groups is 1. The normalized spacial score (nSPS) is 11.8. The van der Waals surface area contributed by atoms with Gasteiger partial charge in [-0.2, -0.15) is 8.78 Å². The van der Waals surface area contributed by atoms with Crippen molar-refractivity contribution in [1.29, 1.82) is 0 Å². The lowest BCUT2D eigenvalue weighted by Gasteiger charge is -2.16. The van der Waals surface area contributed by atoms with Crippen LogP contribution in [-0.2, 0) is 0 Å². The van der Waals surface area contributed by atoms with Crippen molar-refractivity contribution in [1.82, 2.24) is 5.32 Å². The van der Waals surface area contributed by atoms with Crippen LogP contribution < -0.4 is 14.8 Å². The number of rotatable bonds is 7. The second-order valence-corrected chi connectivity index (χ2v) is 5.84. The van der Waals surface area contributed by atoms with Crippen molar-refractivity contribution in [2.75, 3.05) is 7.11 Å². The first-order valence-corrected chi connectivity index (χ1v) is 7.98. The van der Waals surface area contributed by atoms with Gasteiger partial charge in [0.1, 0.15) is 5.56 Å². The number of nitrogens with one attached hydrogen (secondary N) is 1. The zero-order valence-electron chi connectivity index (χ0n) is 14.2. The number of carbonyl (C=O) groups is 1. The molecule has 0 fully saturated rings. The molecule has 0 bridgehead atoms. The van der Waals surface area contributed by atoms with E-state index in [4.69, 9.17) is 16.3 Å². The van der Waals surface area contributed by atoms with Gasteiger partial charge in [0.05, 0.1) is 24.1 Å². The summed E-state index contributed by atoms with van der Waals surface area (Å²) in [6.07, 6.45) is 0. The number of benzene rings is 2. The van der Waals surface area contributed by atoms with Crippen LogP contribution in [0.15, 0.2) is 36.4 Å². The molecular weight excluding hydrogens is 386 g/mol. The molecule has 0 aliphatic carbocycles. The topological polar surface area (TPSA) is 90.7 Å². The van der Waals surface area contributed by atoms with Crippen molar-refractivity contribution in [3.8, 4) is 11.5 Å². The maximum absolute atomic E-state index is 12.5. The Morgan fingerprint density at radius 2 is 1.96 bits per heavy atom. The highest BCUT2D eigenvalue weighted by Crippen LogP contribution is 2.36. The number of nitro benzene ring substituents is 1. The Kier molecular flexibility index (Phi) is 6.51. The summed E-state index contributed by atoms with van der Waals surface area (Å²) >= 11 is 5.91. The molecule has 0 radical (unpaired) electrons. The number of alkyl halides is 2. The monoisotopic (exact) mass is 400 g/mol. The number of hydrogen-bond donors (Lipinski definition) is 1. The van der Waals surface area contributed by atoms with E-state index in [1.54, 1.807) is 31.2 Å². The average molecular weight is 401 g/mol. The van der Waals surface area contributed by atoms with Crippen molar-refractivity contribution >= 4 is 23.2 Å². The van der Waals surface area contributed by atoms with Crippen LogP contribution in [0.3, 0.4) is 0 Å². The average Bonchev–Trinajstić information content (AvgIpc) is 2.60. The SMILES string of the molecule is COc1cc(C(=O)NC(C)c2cccc(Cl)c2)c([N+](=O)[O-])cc1OC(F)F. The zero-order valence-corrected chi connectivity index (χ0v) is 15.0. The Labute approximate surface area is 158 Å². The van der Waals surface area contributed by atoms with Gasteiger partial charge in [-0.15, -0.1) is 0 Å². The lowest BCUT2D eigenvalue weighted by molar-refractivity contribution is -0.385. The molecule has 0 aliphatic rings. The van der Waals surface area contributed by atoms with Gasteiger partial charge in [0, 0.05) is 11.1 Å². The van der Waals surface area contributed by atoms with E-state index in [0.29, 0.717) is 10.6 Å². The van der Waals surface area contributed by atoms with Crippen LogP contribution in [0.1, 0.15) is 28.9 Å². The molecule has 0 saturated carbocycles. The number of ether oxygens (including phenoxy) is 2. The second-order valence-electron chi connectivity index (χ2n) is 5.41. The summed E-state index contributed by atoms with van der Waals surface area (Å²) in [5.41, 5.74) is -0.363. The summed E-state index contributed by atoms with van der Waals surface area (Å²) in [6, 6.07) is 7.92. The zero-order chi connectivity index (χ0) is 20.1. The summed E-state index contributed by atoms with van der Waals surface area (Å²) in [5, 5.41) is 14.4. The summed E-state index contributed by atoms with van der Waals surface area (Å²) in [5.74, 6) is -1.56. The van der Waals surface area contributed by atoms with Crippen molar-refractivity contribution < 1.29 is 28.0 Å². The quantitative estimate of drug-likeness (QED) is 0.551. The molecule has 0 spiro atoms. The van der Waals surface area contributed by atoms with Gasteiger partial charge in [-0.1, -0.05) is 23.7 Å². The van der Waals surface area contributed by atoms with Gasteiger partial charge >= 0.3 is 6.61 Å². The highest BCUT2D eigenvalue weighted by molar-refractivity contribution is 6.30. The first kappa shape index (κ1) is 20.4. The molecule has 1 atom stereocenters. The van der Waals surface area contributed by atoms with Crippen LogP contribution in [0.25, 0.3) is 0 Å². The summed E-state index contributed by atoms with van der Waals surface area (Å²) in [7, 11) is 1.16. The molecular formula is C17H15ClF2N2O5. The first-order chi connectivity index (χ1) is 12.7. The molecule has 0 aromatic heterocycles. The third-order valence-electron chi connectivity index (χ3n) is 3.64. The molecule has 1 N–H and O–H groups in total. The highest BCUT2D eigenvalue weighted by Gasteiger charge is 2.26. The standard InChI is InChI=1S/C17H15ClF2N2O5/c1-9(10-4-3-5-11(18)6-10)21-16(23)12-7-14(26-2)15(27-17(19)20)8-13(12)22(24)25/h3-9,17H,1-2H3,(H,21,23). The molecule has 144 valence electrons. The van der Waals surface area contributed by atoms with Crippen molar-refractivity contribution in [3.05, 3.63) is 62.7 Å². The maximum atomic E-state index is 12.5. The van der Waals surface area contributed by atoms with E-state index < -0.39 is 34.9 Å². The number of methoxy groups -OCH3 is 1. The Hall–Kier alpha value is -2.94. The van der Waals surface area contributed by atoms with Gasteiger partial charge in [-0.3, -0.25) is 14.9 Å². The fraction of sp³-hybridized carbons (Fsp3) is 0.235. The molecule has 2 aromatic rings. The van der Waals surface area contributed by atoms with Gasteiger partial charge in [0.25, 0.3) is 11.6 Å². The van der Waals surface area contributed by atoms with E-state index in [9.17, 15) is 23.7 Å². The van der Waals surface area contributed by atoms with Crippen LogP contribution in [0, 0.1) is 10.1 Å². The van der Waals surface area contributed by atoms with Crippen molar-refractivity contribution in [2.45, 2.75) is 19.6 Å². The fourth-order valence-corrected chi connectivity index (χ4v) is 2.56. The molecule has 1 unspecified atom stereocenters. The van der Waals surface area contributed by atoms with Crippen LogP contribution in [0.4, 0.5) is 14.5 Å². The molecule has 0 saturated heterocycles. The summed E-state index contributed by atoms with van der Waals surface area (Å²) in [4.78, 5) is 23.0. The minimum atomic E-state index is -3.21. The van der Waals surface area contributed by atoms with Gasteiger partial charge < -0.3 is 14.8 Å². The van der Waals surface area contributed by atoms with E-state index in [0.717, 1.165) is 19.2 Å². The van der Waals surface area contributed by atoms with Crippen LogP contribution in [0.2, 0.25) is 5.02 Å². The lowest BCUT2D eigenvalue weighted by Crippen LogP contribution is -2.27. The van der Waals surface area contributed by atoms with Crippen LogP contribution in [0.5, 0.6) is 11.5 Å².